The SMILES string of the molecule is CC(C)(F)c1ccc(C(=O)N=C(N)N)cc1. The van der Waals surface area contributed by atoms with Gasteiger partial charge in [-0.3, -0.25) is 4.79 Å². The number of guanidine groups is 1. The van der Waals surface area contributed by atoms with Crippen molar-refractivity contribution in [1.29, 1.82) is 0 Å². The summed E-state index contributed by atoms with van der Waals surface area (Å²) in [4.78, 5) is 14.8. The molecule has 0 heterocycles. The molecule has 0 radical (unpaired) electrons. The Hall–Kier alpha value is -1.91. The zero-order valence-corrected chi connectivity index (χ0v) is 9.20. The normalized spacial score (nSPS) is 10.9. The van der Waals surface area contributed by atoms with Gasteiger partial charge in [-0.25, -0.2) is 4.39 Å². The Morgan fingerprint density at radius 1 is 1.25 bits per heavy atom. The average molecular weight is 223 g/mol. The molecule has 0 saturated carbocycles. The van der Waals surface area contributed by atoms with Gasteiger partial charge in [0.15, 0.2) is 5.96 Å². The minimum Gasteiger partial charge on any atom is -0.370 e. The quantitative estimate of drug-likeness (QED) is 0.585. The number of nitrogens with zero attached hydrogens (tertiary/aromatic N) is 1. The maximum absolute atomic E-state index is 13.5. The van der Waals surface area contributed by atoms with Gasteiger partial charge in [0.05, 0.1) is 0 Å². The van der Waals surface area contributed by atoms with E-state index in [0.717, 1.165) is 0 Å². The fourth-order valence-corrected chi connectivity index (χ4v) is 1.19. The largest absolute Gasteiger partial charge is 0.370 e. The van der Waals surface area contributed by atoms with Crippen LogP contribution in [0.3, 0.4) is 0 Å². The lowest BCUT2D eigenvalue weighted by Gasteiger charge is -2.14. The molecule has 0 unspecified atom stereocenters. The maximum atomic E-state index is 13.5. The molecule has 0 aromatic heterocycles. The number of nitrogens with two attached hydrogens (primary N) is 2. The number of carbonyl (C=O) groups excluding carboxylic acids is 1. The third kappa shape index (κ3) is 3.05. The van der Waals surface area contributed by atoms with Crippen molar-refractivity contribution in [2.45, 2.75) is 19.5 Å². The number of carbonyl (C=O) groups is 1. The molecule has 4 N–H and O–H groups in total. The molecule has 0 aliphatic carbocycles. The molecular formula is C11H14FN3O. The van der Waals surface area contributed by atoms with E-state index in [4.69, 9.17) is 11.5 Å². The van der Waals surface area contributed by atoms with Crippen LogP contribution in [0.4, 0.5) is 4.39 Å². The van der Waals surface area contributed by atoms with Crippen LogP contribution in [0.1, 0.15) is 29.8 Å². The highest BCUT2D eigenvalue weighted by molar-refractivity contribution is 6.01. The number of hydrogen-bond acceptors (Lipinski definition) is 1. The van der Waals surface area contributed by atoms with Gasteiger partial charge in [0, 0.05) is 5.56 Å². The molecule has 1 rings (SSSR count). The van der Waals surface area contributed by atoms with E-state index >= 15 is 0 Å². The first-order valence-electron chi connectivity index (χ1n) is 4.74. The van der Waals surface area contributed by atoms with Gasteiger partial charge >= 0.3 is 0 Å². The van der Waals surface area contributed by atoms with Crippen molar-refractivity contribution >= 4 is 11.9 Å². The summed E-state index contributed by atoms with van der Waals surface area (Å²) in [6, 6.07) is 6.06. The van der Waals surface area contributed by atoms with E-state index in [9.17, 15) is 9.18 Å². The lowest BCUT2D eigenvalue weighted by Crippen LogP contribution is -2.24. The highest BCUT2D eigenvalue weighted by Crippen LogP contribution is 2.24. The lowest BCUT2D eigenvalue weighted by molar-refractivity contribution is 0.100. The summed E-state index contributed by atoms with van der Waals surface area (Å²) < 4.78 is 13.5. The monoisotopic (exact) mass is 223 g/mol. The van der Waals surface area contributed by atoms with E-state index in [0.29, 0.717) is 11.1 Å². The van der Waals surface area contributed by atoms with Crippen LogP contribution in [0.2, 0.25) is 0 Å². The Morgan fingerprint density at radius 3 is 2.12 bits per heavy atom. The van der Waals surface area contributed by atoms with Crippen molar-refractivity contribution in [3.05, 3.63) is 35.4 Å². The van der Waals surface area contributed by atoms with Gasteiger partial charge in [-0.05, 0) is 31.5 Å². The van der Waals surface area contributed by atoms with Gasteiger partial charge in [-0.2, -0.15) is 4.99 Å². The summed E-state index contributed by atoms with van der Waals surface area (Å²) in [6.07, 6.45) is 0. The summed E-state index contributed by atoms with van der Waals surface area (Å²) in [5.74, 6) is -0.830. The van der Waals surface area contributed by atoms with Gasteiger partial charge < -0.3 is 11.5 Å². The highest BCUT2D eigenvalue weighted by Gasteiger charge is 2.18. The van der Waals surface area contributed by atoms with Crippen LogP contribution >= 0.6 is 0 Å². The Bertz CT molecular complexity index is 414. The Kier molecular flexibility index (Phi) is 3.27. The molecule has 0 aliphatic heterocycles. The fraction of sp³-hybridized carbons (Fsp3) is 0.273. The summed E-state index contributed by atoms with van der Waals surface area (Å²) in [5, 5.41) is 0. The second-order valence-electron chi connectivity index (χ2n) is 3.89. The molecule has 0 fully saturated rings. The van der Waals surface area contributed by atoms with Gasteiger partial charge in [0.25, 0.3) is 5.91 Å². The van der Waals surface area contributed by atoms with Crippen LogP contribution in [-0.2, 0) is 5.67 Å². The number of rotatable bonds is 2. The summed E-state index contributed by atoms with van der Waals surface area (Å²) in [7, 11) is 0. The first kappa shape index (κ1) is 12.2. The van der Waals surface area contributed by atoms with E-state index in [1.54, 1.807) is 0 Å². The van der Waals surface area contributed by atoms with Crippen molar-refractivity contribution in [3.63, 3.8) is 0 Å². The third-order valence-corrected chi connectivity index (χ3v) is 2.05. The highest BCUT2D eigenvalue weighted by atomic mass is 19.1. The van der Waals surface area contributed by atoms with Crippen LogP contribution in [0, 0.1) is 0 Å². The van der Waals surface area contributed by atoms with Crippen LogP contribution in [-0.4, -0.2) is 11.9 Å². The van der Waals surface area contributed by atoms with Crippen molar-refractivity contribution in [2.24, 2.45) is 16.5 Å². The first-order chi connectivity index (χ1) is 7.30. The Morgan fingerprint density at radius 2 is 1.75 bits per heavy atom. The first-order valence-corrected chi connectivity index (χ1v) is 4.74. The second kappa shape index (κ2) is 4.30. The van der Waals surface area contributed by atoms with Crippen molar-refractivity contribution in [2.75, 3.05) is 0 Å². The molecule has 0 bridgehead atoms. The number of halogens is 1. The fourth-order valence-electron chi connectivity index (χ4n) is 1.19. The molecule has 1 amide bonds. The van der Waals surface area contributed by atoms with E-state index in [1.165, 1.54) is 38.1 Å². The van der Waals surface area contributed by atoms with Crippen LogP contribution < -0.4 is 11.5 Å². The van der Waals surface area contributed by atoms with Crippen LogP contribution in [0.25, 0.3) is 0 Å². The predicted molar refractivity (Wildman–Crippen MR) is 60.7 cm³/mol. The third-order valence-electron chi connectivity index (χ3n) is 2.05. The smallest absolute Gasteiger partial charge is 0.280 e. The van der Waals surface area contributed by atoms with Gasteiger partial charge in [0.1, 0.15) is 5.67 Å². The topological polar surface area (TPSA) is 81.5 Å². The molecule has 0 saturated heterocycles. The van der Waals surface area contributed by atoms with E-state index < -0.39 is 11.6 Å². The molecule has 0 spiro atoms. The van der Waals surface area contributed by atoms with Crippen molar-refractivity contribution in [3.8, 4) is 0 Å². The number of amides is 1. The molecule has 16 heavy (non-hydrogen) atoms. The molecule has 5 heteroatoms. The minimum absolute atomic E-state index is 0.292. The number of alkyl halides is 1. The molecule has 1 aromatic rings. The predicted octanol–water partition coefficient (Wildman–Crippen LogP) is 1.30. The lowest BCUT2D eigenvalue weighted by atomic mass is 9.99. The van der Waals surface area contributed by atoms with E-state index in [1.807, 2.05) is 0 Å². The minimum atomic E-state index is -1.43. The molecule has 0 atom stereocenters. The van der Waals surface area contributed by atoms with Crippen molar-refractivity contribution < 1.29 is 9.18 Å². The number of aliphatic imine (C=N–C) groups is 1. The van der Waals surface area contributed by atoms with E-state index in [2.05, 4.69) is 4.99 Å². The molecular weight excluding hydrogens is 209 g/mol. The summed E-state index contributed by atoms with van der Waals surface area (Å²) >= 11 is 0. The summed E-state index contributed by atoms with van der Waals surface area (Å²) in [5.41, 5.74) is 9.54. The van der Waals surface area contributed by atoms with E-state index in [-0.39, 0.29) is 5.96 Å². The molecule has 0 aliphatic rings. The number of hydrogen-bond donors (Lipinski definition) is 2. The van der Waals surface area contributed by atoms with Gasteiger partial charge in [0.2, 0.25) is 0 Å². The van der Waals surface area contributed by atoms with Crippen LogP contribution in [0.5, 0.6) is 0 Å². The van der Waals surface area contributed by atoms with Crippen molar-refractivity contribution in [1.82, 2.24) is 0 Å². The Balaban J connectivity index is 2.96. The average Bonchev–Trinajstić information content (AvgIpc) is 2.15. The van der Waals surface area contributed by atoms with Gasteiger partial charge in [-0.1, -0.05) is 12.1 Å². The Labute approximate surface area is 93.2 Å². The molecule has 1 aromatic carbocycles. The summed E-state index contributed by atoms with van der Waals surface area (Å²) in [6.45, 7) is 2.89. The molecule has 4 nitrogen and oxygen atoms in total. The van der Waals surface area contributed by atoms with Gasteiger partial charge in [-0.15, -0.1) is 0 Å². The second-order valence-corrected chi connectivity index (χ2v) is 3.89. The zero-order valence-electron chi connectivity index (χ0n) is 9.20. The number of benzene rings is 1. The standard InChI is InChI=1S/C11H14FN3O/c1-11(2,12)8-5-3-7(4-6-8)9(16)15-10(13)14/h3-6H,1-2H3,(H4,13,14,15,16). The molecule has 86 valence electrons. The zero-order chi connectivity index (χ0) is 12.3. The van der Waals surface area contributed by atoms with Crippen LogP contribution in [0.15, 0.2) is 29.3 Å². The maximum Gasteiger partial charge on any atom is 0.280 e.